The zero-order chi connectivity index (χ0) is 23.0. The van der Waals surface area contributed by atoms with E-state index in [0.29, 0.717) is 0 Å². The van der Waals surface area contributed by atoms with Crippen LogP contribution in [0, 0.1) is 0 Å². The highest BCUT2D eigenvalue weighted by atomic mass is 16.2. The van der Waals surface area contributed by atoms with Gasteiger partial charge in [0.05, 0.1) is 0 Å². The molecule has 0 saturated carbocycles. The molecule has 0 bridgehead atoms. The third-order valence-corrected chi connectivity index (χ3v) is 6.28. The van der Waals surface area contributed by atoms with Gasteiger partial charge in [-0.1, -0.05) is 54.1 Å². The highest BCUT2D eigenvalue weighted by molar-refractivity contribution is 5.95. The van der Waals surface area contributed by atoms with Crippen molar-refractivity contribution in [3.8, 4) is 0 Å². The maximum absolute atomic E-state index is 12.8. The van der Waals surface area contributed by atoms with Crippen molar-refractivity contribution in [1.29, 1.82) is 0 Å². The van der Waals surface area contributed by atoms with E-state index in [9.17, 15) is 4.79 Å². The molecule has 0 atom stereocenters. The fourth-order valence-corrected chi connectivity index (χ4v) is 4.49. The molecule has 0 unspecified atom stereocenters. The molecule has 4 heteroatoms. The molecule has 0 aromatic heterocycles. The molecule has 33 heavy (non-hydrogen) atoms. The van der Waals surface area contributed by atoms with E-state index in [1.807, 2.05) is 49.1 Å². The quantitative estimate of drug-likeness (QED) is 0.468. The predicted molar refractivity (Wildman–Crippen MR) is 138 cm³/mol. The van der Waals surface area contributed by atoms with E-state index in [-0.39, 0.29) is 5.91 Å². The molecule has 0 aliphatic carbocycles. The lowest BCUT2D eigenvalue weighted by Gasteiger charge is -2.23. The van der Waals surface area contributed by atoms with Crippen molar-refractivity contribution in [2.24, 2.45) is 0 Å². The van der Waals surface area contributed by atoms with E-state index in [2.05, 4.69) is 59.2 Å². The van der Waals surface area contributed by atoms with Crippen molar-refractivity contribution in [2.45, 2.75) is 26.7 Å². The van der Waals surface area contributed by atoms with E-state index in [1.165, 1.54) is 16.7 Å². The number of carbonyl (C=O) groups excluding carboxylic acids is 1. The Labute approximate surface area is 197 Å². The lowest BCUT2D eigenvalue weighted by atomic mass is 9.87. The number of piperidine rings is 1. The SMILES string of the molecule is CCN(CC)C(=O)c1ccc(C(=C2CCNCC2)c2ccccc2Nc2ccccc2)cc1. The van der Waals surface area contributed by atoms with Crippen LogP contribution in [0.1, 0.15) is 48.2 Å². The molecule has 170 valence electrons. The molecule has 3 aromatic rings. The minimum absolute atomic E-state index is 0.0914. The fourth-order valence-electron chi connectivity index (χ4n) is 4.49. The van der Waals surface area contributed by atoms with Gasteiger partial charge >= 0.3 is 0 Å². The second kappa shape index (κ2) is 11.0. The number of hydrogen-bond acceptors (Lipinski definition) is 3. The number of para-hydroxylation sites is 2. The minimum Gasteiger partial charge on any atom is -0.355 e. The standard InChI is InChI=1S/C29H33N3O/c1-3-32(4-2)29(33)24-16-14-22(15-17-24)28(23-18-20-30-21-19-23)26-12-8-9-13-27(26)31-25-10-6-5-7-11-25/h5-17,30-31H,3-4,18-21H2,1-2H3. The third-order valence-electron chi connectivity index (χ3n) is 6.28. The molecule has 1 aliphatic rings. The number of benzene rings is 3. The van der Waals surface area contributed by atoms with Crippen LogP contribution >= 0.6 is 0 Å². The van der Waals surface area contributed by atoms with Crippen LogP contribution < -0.4 is 10.6 Å². The first kappa shape index (κ1) is 22.8. The number of hydrogen-bond donors (Lipinski definition) is 2. The van der Waals surface area contributed by atoms with Crippen molar-refractivity contribution in [3.63, 3.8) is 0 Å². The number of carbonyl (C=O) groups is 1. The van der Waals surface area contributed by atoms with E-state index in [4.69, 9.17) is 0 Å². The minimum atomic E-state index is 0.0914. The summed E-state index contributed by atoms with van der Waals surface area (Å²) < 4.78 is 0. The summed E-state index contributed by atoms with van der Waals surface area (Å²) in [6.45, 7) is 7.46. The number of anilines is 2. The summed E-state index contributed by atoms with van der Waals surface area (Å²) in [6.07, 6.45) is 2.05. The molecule has 1 saturated heterocycles. The second-order valence-corrected chi connectivity index (χ2v) is 8.32. The third kappa shape index (κ3) is 5.35. The van der Waals surface area contributed by atoms with Crippen LogP contribution in [0.2, 0.25) is 0 Å². The van der Waals surface area contributed by atoms with Gasteiger partial charge in [-0.2, -0.15) is 0 Å². The Kier molecular flexibility index (Phi) is 7.59. The zero-order valence-electron chi connectivity index (χ0n) is 19.6. The predicted octanol–water partition coefficient (Wildman–Crippen LogP) is 6.10. The van der Waals surface area contributed by atoms with E-state index in [1.54, 1.807) is 0 Å². The first-order valence-electron chi connectivity index (χ1n) is 11.9. The van der Waals surface area contributed by atoms with Crippen molar-refractivity contribution in [3.05, 3.63) is 101 Å². The van der Waals surface area contributed by atoms with Gasteiger partial charge in [0.15, 0.2) is 0 Å². The van der Waals surface area contributed by atoms with Crippen LogP contribution in [-0.2, 0) is 0 Å². The van der Waals surface area contributed by atoms with E-state index < -0.39 is 0 Å². The van der Waals surface area contributed by atoms with E-state index >= 15 is 0 Å². The van der Waals surface area contributed by atoms with Gasteiger partial charge < -0.3 is 15.5 Å². The summed E-state index contributed by atoms with van der Waals surface area (Å²) in [4.78, 5) is 14.7. The maximum atomic E-state index is 12.8. The molecule has 3 aromatic carbocycles. The number of nitrogens with zero attached hydrogens (tertiary/aromatic N) is 1. The summed E-state index contributed by atoms with van der Waals surface area (Å²) in [5.74, 6) is 0.0914. The Balaban J connectivity index is 1.75. The van der Waals surface area contributed by atoms with Crippen LogP contribution in [-0.4, -0.2) is 37.0 Å². The van der Waals surface area contributed by atoms with Gasteiger partial charge in [-0.05, 0) is 81.2 Å². The van der Waals surface area contributed by atoms with Gasteiger partial charge in [0.2, 0.25) is 0 Å². The molecule has 0 spiro atoms. The Morgan fingerprint density at radius 2 is 1.42 bits per heavy atom. The van der Waals surface area contributed by atoms with Crippen molar-refractivity contribution >= 4 is 22.9 Å². The normalized spacial score (nSPS) is 13.5. The average molecular weight is 440 g/mol. The first-order valence-corrected chi connectivity index (χ1v) is 11.9. The molecule has 1 aliphatic heterocycles. The lowest BCUT2D eigenvalue weighted by molar-refractivity contribution is 0.0773. The van der Waals surface area contributed by atoms with Crippen LogP contribution in [0.25, 0.3) is 5.57 Å². The average Bonchev–Trinajstić information content (AvgIpc) is 2.88. The van der Waals surface area contributed by atoms with Crippen LogP contribution in [0.3, 0.4) is 0 Å². The van der Waals surface area contributed by atoms with Gasteiger partial charge in [0.1, 0.15) is 0 Å². The monoisotopic (exact) mass is 439 g/mol. The highest BCUT2D eigenvalue weighted by Crippen LogP contribution is 2.36. The van der Waals surface area contributed by atoms with Crippen molar-refractivity contribution < 1.29 is 4.79 Å². The lowest BCUT2D eigenvalue weighted by Crippen LogP contribution is -2.30. The molecule has 1 fully saturated rings. The number of nitrogens with one attached hydrogen (secondary N) is 2. The topological polar surface area (TPSA) is 44.4 Å². The van der Waals surface area contributed by atoms with Crippen LogP contribution in [0.5, 0.6) is 0 Å². The molecular formula is C29H33N3O. The number of rotatable bonds is 7. The molecule has 2 N–H and O–H groups in total. The first-order chi connectivity index (χ1) is 16.2. The number of amides is 1. The molecule has 4 rings (SSSR count). The maximum Gasteiger partial charge on any atom is 0.253 e. The molecule has 1 heterocycles. The van der Waals surface area contributed by atoms with E-state index in [0.717, 1.165) is 61.5 Å². The molecule has 1 amide bonds. The Morgan fingerprint density at radius 3 is 2.09 bits per heavy atom. The zero-order valence-corrected chi connectivity index (χ0v) is 19.6. The molecular weight excluding hydrogens is 406 g/mol. The van der Waals surface area contributed by atoms with Gasteiger partial charge in [0, 0.05) is 35.6 Å². The van der Waals surface area contributed by atoms with Crippen LogP contribution in [0.4, 0.5) is 11.4 Å². The van der Waals surface area contributed by atoms with Gasteiger partial charge in [0.25, 0.3) is 5.91 Å². The summed E-state index contributed by atoms with van der Waals surface area (Å²) in [5.41, 5.74) is 7.99. The summed E-state index contributed by atoms with van der Waals surface area (Å²) in [7, 11) is 0. The Bertz CT molecular complexity index is 1090. The fraction of sp³-hybridized carbons (Fsp3) is 0.276. The van der Waals surface area contributed by atoms with Gasteiger partial charge in [-0.25, -0.2) is 0 Å². The summed E-state index contributed by atoms with van der Waals surface area (Å²) in [6, 6.07) is 27.0. The van der Waals surface area contributed by atoms with Gasteiger partial charge in [-0.3, -0.25) is 4.79 Å². The van der Waals surface area contributed by atoms with Crippen LogP contribution in [0.15, 0.2) is 84.4 Å². The largest absolute Gasteiger partial charge is 0.355 e. The Hall–Kier alpha value is -3.37. The second-order valence-electron chi connectivity index (χ2n) is 8.32. The smallest absolute Gasteiger partial charge is 0.253 e. The molecule has 0 radical (unpaired) electrons. The van der Waals surface area contributed by atoms with Crippen molar-refractivity contribution in [2.75, 3.05) is 31.5 Å². The highest BCUT2D eigenvalue weighted by Gasteiger charge is 2.19. The summed E-state index contributed by atoms with van der Waals surface area (Å²) >= 11 is 0. The Morgan fingerprint density at radius 1 is 0.818 bits per heavy atom. The van der Waals surface area contributed by atoms with Crippen molar-refractivity contribution in [1.82, 2.24) is 10.2 Å². The molecule has 4 nitrogen and oxygen atoms in total. The van der Waals surface area contributed by atoms with Gasteiger partial charge in [-0.15, -0.1) is 0 Å². The summed E-state index contributed by atoms with van der Waals surface area (Å²) in [5, 5.41) is 7.09.